The van der Waals surface area contributed by atoms with E-state index in [0.717, 1.165) is 13.2 Å². The highest BCUT2D eigenvalue weighted by molar-refractivity contribution is 6.06. The van der Waals surface area contributed by atoms with Gasteiger partial charge >= 0.3 is 0 Å². The number of hydrogen-bond acceptors (Lipinski definition) is 13. The Kier molecular flexibility index (Phi) is 8.60. The molecule has 2 aromatic carbocycles. The standard InChI is InChI=1S/C25H27N3O11.CH4O/c29-16-7-11-12(9-28(25(11)37)15-1-2-17(30)26-24(15)36)23(22(16)35)39-10-14-20(33)18(31)13(19(32)21(14)34)8-27-3-5-38-6-4-27;1-2/h7,15,29,31-35H,1-6,8-10H2,(H,26,30,36);2H,1H3. The van der Waals surface area contributed by atoms with E-state index in [4.69, 9.17) is 14.6 Å². The quantitative estimate of drug-likeness (QED) is 0.125. The van der Waals surface area contributed by atoms with E-state index >= 15 is 0 Å². The molecular weight excluding hydrogens is 546 g/mol. The fourth-order valence-electron chi connectivity index (χ4n) is 5.01. The van der Waals surface area contributed by atoms with Crippen LogP contribution in [0.4, 0.5) is 0 Å². The predicted octanol–water partition coefficient (Wildman–Crippen LogP) is -0.299. The van der Waals surface area contributed by atoms with Crippen LogP contribution in [-0.2, 0) is 34.0 Å². The Morgan fingerprint density at radius 3 is 2.15 bits per heavy atom. The maximum Gasteiger partial charge on any atom is 0.255 e. The van der Waals surface area contributed by atoms with Crippen molar-refractivity contribution in [1.29, 1.82) is 0 Å². The fraction of sp³-hybridized carbons (Fsp3) is 0.423. The summed E-state index contributed by atoms with van der Waals surface area (Å²) in [6.45, 7) is 1.08. The lowest BCUT2D eigenvalue weighted by Gasteiger charge is -2.29. The molecule has 15 nitrogen and oxygen atoms in total. The monoisotopic (exact) mass is 577 g/mol. The van der Waals surface area contributed by atoms with Gasteiger partial charge in [0, 0.05) is 38.7 Å². The number of carbonyl (C=O) groups is 3. The van der Waals surface area contributed by atoms with Gasteiger partial charge in [0.05, 0.1) is 36.4 Å². The summed E-state index contributed by atoms with van der Waals surface area (Å²) in [5, 5.41) is 72.3. The van der Waals surface area contributed by atoms with Crippen LogP contribution in [0.5, 0.6) is 40.2 Å². The zero-order chi connectivity index (χ0) is 30.0. The molecule has 8 N–H and O–H groups in total. The third-order valence-electron chi connectivity index (χ3n) is 7.18. The highest BCUT2D eigenvalue weighted by Gasteiger charge is 2.41. The van der Waals surface area contributed by atoms with Crippen molar-refractivity contribution >= 4 is 17.7 Å². The minimum atomic E-state index is -0.958. The fourth-order valence-corrected chi connectivity index (χ4v) is 5.01. The summed E-state index contributed by atoms with van der Waals surface area (Å²) in [7, 11) is 1.00. The van der Waals surface area contributed by atoms with Crippen LogP contribution in [0.1, 0.15) is 39.9 Å². The second-order valence-corrected chi connectivity index (χ2v) is 9.53. The minimum absolute atomic E-state index is 0.0302. The summed E-state index contributed by atoms with van der Waals surface area (Å²) in [4.78, 5) is 40.0. The van der Waals surface area contributed by atoms with Crippen LogP contribution in [0.25, 0.3) is 0 Å². The number of phenols is 6. The molecule has 0 spiro atoms. The van der Waals surface area contributed by atoms with E-state index in [0.29, 0.717) is 26.3 Å². The summed E-state index contributed by atoms with van der Waals surface area (Å²) in [6, 6.07) is 0.0689. The maximum atomic E-state index is 13.1. The number of amides is 3. The number of piperidine rings is 1. The largest absolute Gasteiger partial charge is 0.504 e. The van der Waals surface area contributed by atoms with Crippen LogP contribution in [0.15, 0.2) is 6.07 Å². The zero-order valence-electron chi connectivity index (χ0n) is 22.1. The number of carbonyl (C=O) groups excluding carboxylic acids is 3. The number of nitrogens with one attached hydrogen (secondary N) is 1. The number of nitrogens with zero attached hydrogens (tertiary/aromatic N) is 2. The molecule has 3 heterocycles. The number of benzene rings is 2. The van der Waals surface area contributed by atoms with E-state index < -0.39 is 70.4 Å². The highest BCUT2D eigenvalue weighted by atomic mass is 16.5. The van der Waals surface area contributed by atoms with E-state index in [1.165, 1.54) is 4.90 Å². The van der Waals surface area contributed by atoms with Crippen LogP contribution in [0.3, 0.4) is 0 Å². The molecule has 3 amide bonds. The molecular formula is C26H31N3O12. The molecule has 1 atom stereocenters. The molecule has 2 fully saturated rings. The first-order chi connectivity index (χ1) is 19.6. The third-order valence-corrected chi connectivity index (χ3v) is 7.18. The first kappa shape index (κ1) is 29.5. The number of rotatable bonds is 6. The van der Waals surface area contributed by atoms with Gasteiger partial charge in [-0.25, -0.2) is 0 Å². The van der Waals surface area contributed by atoms with Crippen molar-refractivity contribution in [3.8, 4) is 40.2 Å². The number of hydrogen-bond donors (Lipinski definition) is 8. The van der Waals surface area contributed by atoms with Crippen molar-refractivity contribution in [2.75, 3.05) is 33.4 Å². The first-order valence-corrected chi connectivity index (χ1v) is 12.7. The lowest BCUT2D eigenvalue weighted by atomic mass is 10.0. The van der Waals surface area contributed by atoms with Crippen molar-refractivity contribution < 1.29 is 59.6 Å². The van der Waals surface area contributed by atoms with E-state index in [2.05, 4.69) is 5.32 Å². The molecule has 2 aromatic rings. The highest BCUT2D eigenvalue weighted by Crippen LogP contribution is 2.49. The average molecular weight is 578 g/mol. The van der Waals surface area contributed by atoms with Crippen LogP contribution >= 0.6 is 0 Å². The average Bonchev–Trinajstić information content (AvgIpc) is 3.28. The van der Waals surface area contributed by atoms with Crippen LogP contribution in [0.2, 0.25) is 0 Å². The van der Waals surface area contributed by atoms with E-state index in [9.17, 15) is 45.0 Å². The molecule has 3 aliphatic rings. The Labute approximate surface area is 233 Å². The second kappa shape index (κ2) is 12.0. The van der Waals surface area contributed by atoms with Crippen LogP contribution in [-0.4, -0.2) is 103 Å². The van der Waals surface area contributed by atoms with Gasteiger partial charge in [0.2, 0.25) is 17.6 Å². The van der Waals surface area contributed by atoms with E-state index in [1.54, 1.807) is 0 Å². The molecule has 1 unspecified atom stereocenters. The van der Waals surface area contributed by atoms with Crippen LogP contribution in [0, 0.1) is 0 Å². The molecule has 0 aromatic heterocycles. The van der Waals surface area contributed by atoms with Crippen molar-refractivity contribution in [3.63, 3.8) is 0 Å². The molecule has 0 saturated carbocycles. The molecule has 5 rings (SSSR count). The van der Waals surface area contributed by atoms with Crippen molar-refractivity contribution in [1.82, 2.24) is 15.1 Å². The van der Waals surface area contributed by atoms with Crippen molar-refractivity contribution in [2.24, 2.45) is 0 Å². The topological polar surface area (TPSA) is 230 Å². The maximum absolute atomic E-state index is 13.1. The smallest absolute Gasteiger partial charge is 0.255 e. The van der Waals surface area contributed by atoms with E-state index in [1.807, 2.05) is 4.90 Å². The Balaban J connectivity index is 0.00000189. The first-order valence-electron chi connectivity index (χ1n) is 12.7. The summed E-state index contributed by atoms with van der Waals surface area (Å²) in [5.74, 6) is -6.37. The molecule has 0 aliphatic carbocycles. The summed E-state index contributed by atoms with van der Waals surface area (Å²) < 4.78 is 10.9. The Morgan fingerprint density at radius 2 is 1.54 bits per heavy atom. The lowest BCUT2D eigenvalue weighted by molar-refractivity contribution is -0.136. The number of imide groups is 1. The number of aliphatic hydroxyl groups is 1. The summed E-state index contributed by atoms with van der Waals surface area (Å²) >= 11 is 0. The van der Waals surface area contributed by atoms with Gasteiger partial charge in [-0.3, -0.25) is 24.6 Å². The Bertz CT molecular complexity index is 1340. The molecule has 222 valence electrons. The molecule has 41 heavy (non-hydrogen) atoms. The normalized spacial score (nSPS) is 18.9. The summed E-state index contributed by atoms with van der Waals surface area (Å²) in [6.07, 6.45) is 0.124. The Hall–Kier alpha value is -4.47. The third kappa shape index (κ3) is 5.46. The van der Waals surface area contributed by atoms with Gasteiger partial charge in [0.15, 0.2) is 34.5 Å². The molecule has 3 aliphatic heterocycles. The van der Waals surface area contributed by atoms with Gasteiger partial charge in [-0.05, 0) is 12.5 Å². The number of ether oxygens (including phenoxy) is 2. The predicted molar refractivity (Wildman–Crippen MR) is 137 cm³/mol. The second-order valence-electron chi connectivity index (χ2n) is 9.53. The number of fused-ring (bicyclic) bond motifs is 1. The van der Waals surface area contributed by atoms with Gasteiger partial charge in [0.25, 0.3) is 5.91 Å². The number of aromatic hydroxyl groups is 6. The van der Waals surface area contributed by atoms with Gasteiger partial charge in [-0.1, -0.05) is 0 Å². The molecule has 2 saturated heterocycles. The molecule has 0 bridgehead atoms. The van der Waals surface area contributed by atoms with Crippen molar-refractivity contribution in [2.45, 2.75) is 38.6 Å². The van der Waals surface area contributed by atoms with E-state index in [-0.39, 0.29) is 48.4 Å². The van der Waals surface area contributed by atoms with Gasteiger partial charge < -0.3 is 50.1 Å². The van der Waals surface area contributed by atoms with Crippen LogP contribution < -0.4 is 10.1 Å². The van der Waals surface area contributed by atoms with Gasteiger partial charge in [-0.2, -0.15) is 0 Å². The van der Waals surface area contributed by atoms with Gasteiger partial charge in [0.1, 0.15) is 12.6 Å². The number of morpholine rings is 1. The number of aliphatic hydroxyl groups excluding tert-OH is 1. The molecule has 0 radical (unpaired) electrons. The molecule has 15 heteroatoms. The Morgan fingerprint density at radius 1 is 0.927 bits per heavy atom. The zero-order valence-corrected chi connectivity index (χ0v) is 22.1. The van der Waals surface area contributed by atoms with Crippen molar-refractivity contribution in [3.05, 3.63) is 28.3 Å². The lowest BCUT2D eigenvalue weighted by Crippen LogP contribution is -2.52. The summed E-state index contributed by atoms with van der Waals surface area (Å²) in [5.41, 5.74) is -0.429. The minimum Gasteiger partial charge on any atom is -0.504 e. The van der Waals surface area contributed by atoms with Gasteiger partial charge in [-0.15, -0.1) is 0 Å². The SMILES string of the molecule is CO.O=C1CCC(N2Cc3c(cc(O)c(O)c3OCc3c(O)c(O)c(CN4CCOCC4)c(O)c3O)C2=O)C(=O)N1. The number of phenolic OH excluding ortho intramolecular Hbond substituents is 6.